The zero-order valence-corrected chi connectivity index (χ0v) is 10.3. The van der Waals surface area contributed by atoms with Crippen LogP contribution in [0.3, 0.4) is 0 Å². The monoisotopic (exact) mass is 269 g/mol. The fourth-order valence-electron chi connectivity index (χ4n) is 2.21. The van der Waals surface area contributed by atoms with Crippen LogP contribution >= 0.6 is 0 Å². The summed E-state index contributed by atoms with van der Waals surface area (Å²) in [4.78, 5) is 25.5. The molecule has 6 heteroatoms. The van der Waals surface area contributed by atoms with Crippen LogP contribution in [0.4, 0.5) is 17.1 Å². The van der Waals surface area contributed by atoms with E-state index in [4.69, 9.17) is 11.5 Å². The van der Waals surface area contributed by atoms with Gasteiger partial charge in [-0.05, 0) is 30.3 Å². The second kappa shape index (κ2) is 3.99. The van der Waals surface area contributed by atoms with Gasteiger partial charge in [-0.15, -0.1) is 0 Å². The normalized spacial score (nSPS) is 13.7. The molecule has 6 nitrogen and oxygen atoms in total. The van der Waals surface area contributed by atoms with Crippen molar-refractivity contribution in [1.29, 1.82) is 0 Å². The van der Waals surface area contributed by atoms with Gasteiger partial charge in [0.05, 0.1) is 16.8 Å². The Hall–Kier alpha value is -3.02. The molecule has 0 saturated heterocycles. The molecule has 3 rings (SSSR count). The van der Waals surface area contributed by atoms with Crippen LogP contribution in [0.2, 0.25) is 0 Å². The second-order valence-electron chi connectivity index (χ2n) is 4.50. The number of anilines is 3. The highest BCUT2D eigenvalue weighted by molar-refractivity contribution is 6.35. The predicted molar refractivity (Wildman–Crippen MR) is 74.5 cm³/mol. The van der Waals surface area contributed by atoms with E-state index in [1.54, 1.807) is 6.07 Å². The summed E-state index contributed by atoms with van der Waals surface area (Å²) in [5, 5.41) is 9.87. The fourth-order valence-corrected chi connectivity index (χ4v) is 2.21. The van der Waals surface area contributed by atoms with E-state index in [-0.39, 0.29) is 22.6 Å². The number of imide groups is 1. The molecule has 0 bridgehead atoms. The highest BCUT2D eigenvalue weighted by Gasteiger charge is 2.37. The maximum atomic E-state index is 12.3. The van der Waals surface area contributed by atoms with Crippen LogP contribution in [0, 0.1) is 0 Å². The molecular weight excluding hydrogens is 258 g/mol. The average Bonchev–Trinajstić information content (AvgIpc) is 2.63. The van der Waals surface area contributed by atoms with E-state index >= 15 is 0 Å². The van der Waals surface area contributed by atoms with Gasteiger partial charge in [0, 0.05) is 17.4 Å². The van der Waals surface area contributed by atoms with Gasteiger partial charge in [-0.3, -0.25) is 9.59 Å². The molecule has 5 N–H and O–H groups in total. The number of phenolic OH excluding ortho intramolecular Hbond substituents is 1. The lowest BCUT2D eigenvalue weighted by Crippen LogP contribution is -2.29. The number of aromatic hydroxyl groups is 1. The zero-order valence-electron chi connectivity index (χ0n) is 10.3. The largest absolute Gasteiger partial charge is 0.506 e. The minimum absolute atomic E-state index is 0.101. The lowest BCUT2D eigenvalue weighted by Gasteiger charge is -2.15. The molecule has 1 aliphatic heterocycles. The van der Waals surface area contributed by atoms with Crippen LogP contribution in [0.1, 0.15) is 20.7 Å². The summed E-state index contributed by atoms with van der Waals surface area (Å²) in [6, 6.07) is 8.72. The Kier molecular flexibility index (Phi) is 2.40. The molecule has 0 atom stereocenters. The quantitative estimate of drug-likeness (QED) is 0.535. The van der Waals surface area contributed by atoms with Crippen molar-refractivity contribution in [1.82, 2.24) is 0 Å². The van der Waals surface area contributed by atoms with E-state index in [0.29, 0.717) is 11.4 Å². The van der Waals surface area contributed by atoms with Crippen molar-refractivity contribution < 1.29 is 14.7 Å². The highest BCUT2D eigenvalue weighted by atomic mass is 16.3. The minimum atomic E-state index is -0.516. The third-order valence-electron chi connectivity index (χ3n) is 3.15. The van der Waals surface area contributed by atoms with Crippen LogP contribution in [-0.4, -0.2) is 16.9 Å². The molecular formula is C14H11N3O3. The molecule has 2 aromatic carbocycles. The summed E-state index contributed by atoms with van der Waals surface area (Å²) in [6.45, 7) is 0. The van der Waals surface area contributed by atoms with E-state index in [1.807, 2.05) is 0 Å². The second-order valence-corrected chi connectivity index (χ2v) is 4.50. The van der Waals surface area contributed by atoms with E-state index in [0.717, 1.165) is 4.90 Å². The molecule has 0 fully saturated rings. The van der Waals surface area contributed by atoms with E-state index in [9.17, 15) is 14.7 Å². The Morgan fingerprint density at radius 2 is 1.45 bits per heavy atom. The summed E-state index contributed by atoms with van der Waals surface area (Å²) in [5.74, 6) is -1.24. The molecule has 100 valence electrons. The van der Waals surface area contributed by atoms with Crippen molar-refractivity contribution in [3.05, 3.63) is 47.5 Å². The Morgan fingerprint density at radius 3 is 2.15 bits per heavy atom. The number of benzene rings is 2. The number of hydrogen-bond donors (Lipinski definition) is 3. The Morgan fingerprint density at radius 1 is 0.850 bits per heavy atom. The molecule has 0 aliphatic carbocycles. The van der Waals surface area contributed by atoms with Crippen LogP contribution in [0.25, 0.3) is 0 Å². The summed E-state index contributed by atoms with van der Waals surface area (Å²) in [7, 11) is 0. The number of rotatable bonds is 1. The number of fused-ring (bicyclic) bond motifs is 1. The van der Waals surface area contributed by atoms with Gasteiger partial charge in [-0.1, -0.05) is 0 Å². The Bertz CT molecular complexity index is 755. The van der Waals surface area contributed by atoms with Gasteiger partial charge in [0.25, 0.3) is 11.8 Å². The Labute approximate surface area is 114 Å². The van der Waals surface area contributed by atoms with Gasteiger partial charge >= 0.3 is 0 Å². The summed E-state index contributed by atoms with van der Waals surface area (Å²) in [5.41, 5.74) is 12.5. The molecule has 1 aliphatic rings. The minimum Gasteiger partial charge on any atom is -0.506 e. The first-order chi connectivity index (χ1) is 9.49. The van der Waals surface area contributed by atoms with Crippen molar-refractivity contribution in [2.24, 2.45) is 0 Å². The van der Waals surface area contributed by atoms with Gasteiger partial charge in [0.15, 0.2) is 0 Å². The molecule has 0 spiro atoms. The van der Waals surface area contributed by atoms with Gasteiger partial charge in [-0.2, -0.15) is 0 Å². The van der Waals surface area contributed by atoms with Gasteiger partial charge in [-0.25, -0.2) is 4.90 Å². The fraction of sp³-hybridized carbons (Fsp3) is 0. The first-order valence-corrected chi connectivity index (χ1v) is 5.86. The summed E-state index contributed by atoms with van der Waals surface area (Å²) < 4.78 is 0. The molecule has 0 unspecified atom stereocenters. The van der Waals surface area contributed by atoms with Crippen LogP contribution in [0.15, 0.2) is 36.4 Å². The average molecular weight is 269 g/mol. The number of carbonyl (C=O) groups excluding carboxylic acids is 2. The number of nitrogen functional groups attached to an aromatic ring is 2. The van der Waals surface area contributed by atoms with Crippen LogP contribution < -0.4 is 16.4 Å². The summed E-state index contributed by atoms with van der Waals surface area (Å²) >= 11 is 0. The van der Waals surface area contributed by atoms with Crippen molar-refractivity contribution in [3.8, 4) is 5.75 Å². The number of hydrogen-bond acceptors (Lipinski definition) is 5. The molecule has 1 heterocycles. The topological polar surface area (TPSA) is 110 Å². The van der Waals surface area contributed by atoms with Crippen LogP contribution in [0.5, 0.6) is 5.75 Å². The number of nitrogens with two attached hydrogens (primary N) is 2. The molecule has 0 radical (unpaired) electrons. The predicted octanol–water partition coefficient (Wildman–Crippen LogP) is 1.36. The molecule has 2 aromatic rings. The smallest absolute Gasteiger partial charge is 0.266 e. The number of carbonyl (C=O) groups is 2. The third kappa shape index (κ3) is 1.58. The Balaban J connectivity index is 2.14. The van der Waals surface area contributed by atoms with Crippen molar-refractivity contribution >= 4 is 28.9 Å². The standard InChI is InChI=1S/C14H11N3O3/c15-7-1-3-9-10(5-7)14(20)17(13(9)19)11-4-2-8(16)6-12(11)18/h1-6,18H,15-16H2. The number of amides is 2. The van der Waals surface area contributed by atoms with E-state index in [2.05, 4.69) is 0 Å². The van der Waals surface area contributed by atoms with Crippen molar-refractivity contribution in [3.63, 3.8) is 0 Å². The lowest BCUT2D eigenvalue weighted by molar-refractivity contribution is 0.0925. The zero-order chi connectivity index (χ0) is 14.4. The lowest BCUT2D eigenvalue weighted by atomic mass is 10.1. The maximum absolute atomic E-state index is 12.3. The van der Waals surface area contributed by atoms with Crippen LogP contribution in [-0.2, 0) is 0 Å². The number of phenols is 1. The van der Waals surface area contributed by atoms with Gasteiger partial charge < -0.3 is 16.6 Å². The summed E-state index contributed by atoms with van der Waals surface area (Å²) in [6.07, 6.45) is 0. The third-order valence-corrected chi connectivity index (χ3v) is 3.15. The molecule has 20 heavy (non-hydrogen) atoms. The van der Waals surface area contributed by atoms with Gasteiger partial charge in [0.2, 0.25) is 0 Å². The maximum Gasteiger partial charge on any atom is 0.266 e. The molecule has 0 aromatic heterocycles. The highest BCUT2D eigenvalue weighted by Crippen LogP contribution is 2.35. The van der Waals surface area contributed by atoms with Crippen molar-refractivity contribution in [2.45, 2.75) is 0 Å². The molecule has 0 saturated carbocycles. The van der Waals surface area contributed by atoms with Crippen molar-refractivity contribution in [2.75, 3.05) is 16.4 Å². The van der Waals surface area contributed by atoms with E-state index in [1.165, 1.54) is 30.3 Å². The first kappa shape index (κ1) is 12.0. The van der Waals surface area contributed by atoms with Gasteiger partial charge in [0.1, 0.15) is 5.75 Å². The first-order valence-electron chi connectivity index (χ1n) is 5.86. The van der Waals surface area contributed by atoms with E-state index < -0.39 is 11.8 Å². The SMILES string of the molecule is Nc1ccc(N2C(=O)c3ccc(N)cc3C2=O)c(O)c1. The number of nitrogens with zero attached hydrogens (tertiary/aromatic N) is 1. The molecule has 2 amide bonds.